The van der Waals surface area contributed by atoms with Crippen LogP contribution in [0.25, 0.3) is 0 Å². The Morgan fingerprint density at radius 3 is 2.55 bits per heavy atom. The number of ether oxygens (including phenoxy) is 1. The van der Waals surface area contributed by atoms with Gasteiger partial charge in [0.1, 0.15) is 5.60 Å². The van der Waals surface area contributed by atoms with E-state index < -0.39 is 0 Å². The fourth-order valence-corrected chi connectivity index (χ4v) is 2.78. The molecule has 0 aliphatic carbocycles. The summed E-state index contributed by atoms with van der Waals surface area (Å²) < 4.78 is 4.55. The Morgan fingerprint density at radius 1 is 1.50 bits per heavy atom. The summed E-state index contributed by atoms with van der Waals surface area (Å²) in [4.78, 5) is 14.0. The van der Waals surface area contributed by atoms with Crippen LogP contribution in [0, 0.1) is 0 Å². The highest BCUT2D eigenvalue weighted by atomic mass is 32.1. The summed E-state index contributed by atoms with van der Waals surface area (Å²) in [5.41, 5.74) is 0.500. The van der Waals surface area contributed by atoms with E-state index in [4.69, 9.17) is 5.11 Å². The van der Waals surface area contributed by atoms with E-state index >= 15 is 0 Å². The van der Waals surface area contributed by atoms with Gasteiger partial charge in [-0.3, -0.25) is 4.79 Å². The van der Waals surface area contributed by atoms with Gasteiger partial charge >= 0.3 is 0 Å². The van der Waals surface area contributed by atoms with Crippen LogP contribution in [0.5, 0.6) is 0 Å². The molecule has 5 nitrogen and oxygen atoms in total. The van der Waals surface area contributed by atoms with Gasteiger partial charge in [-0.15, -0.1) is 11.3 Å². The molecular formula is C14H24N2O3S. The first-order valence-electron chi connectivity index (χ1n) is 6.83. The maximum atomic E-state index is 9.60. The molecular weight excluding hydrogens is 276 g/mol. The van der Waals surface area contributed by atoms with Gasteiger partial charge in [-0.25, -0.2) is 4.98 Å². The molecule has 0 radical (unpaired) electrons. The van der Waals surface area contributed by atoms with Crippen molar-refractivity contribution in [2.45, 2.75) is 51.7 Å². The van der Waals surface area contributed by atoms with Gasteiger partial charge in [0.05, 0.1) is 17.3 Å². The van der Waals surface area contributed by atoms with Crippen molar-refractivity contribution >= 4 is 17.8 Å². The summed E-state index contributed by atoms with van der Waals surface area (Å²) in [6.07, 6.45) is 2.36. The number of piperidine rings is 1. The summed E-state index contributed by atoms with van der Waals surface area (Å²) in [5, 5.41) is 15.4. The van der Waals surface area contributed by atoms with Crippen LogP contribution < -0.4 is 5.32 Å². The van der Waals surface area contributed by atoms with E-state index in [1.54, 1.807) is 11.3 Å². The molecule has 2 heterocycles. The highest BCUT2D eigenvalue weighted by molar-refractivity contribution is 7.09. The number of carbonyl (C=O) groups is 1. The number of aromatic nitrogens is 1. The lowest BCUT2D eigenvalue weighted by Gasteiger charge is -2.20. The smallest absolute Gasteiger partial charge is 0.293 e. The van der Waals surface area contributed by atoms with Gasteiger partial charge in [-0.2, -0.15) is 0 Å². The molecule has 114 valence electrons. The lowest BCUT2D eigenvalue weighted by molar-refractivity contribution is -0.138. The molecule has 2 N–H and O–H groups in total. The minimum atomic E-state index is -0.318. The molecule has 0 atom stereocenters. The Hall–Kier alpha value is -0.980. The van der Waals surface area contributed by atoms with E-state index in [0.717, 1.165) is 18.8 Å². The zero-order valence-corrected chi connectivity index (χ0v) is 13.2. The predicted molar refractivity (Wildman–Crippen MR) is 79.8 cm³/mol. The number of aliphatic hydroxyl groups excluding tert-OH is 1. The molecule has 0 amide bonds. The summed E-state index contributed by atoms with van der Waals surface area (Å²) in [6.45, 7) is 8.18. The summed E-state index contributed by atoms with van der Waals surface area (Å²) >= 11 is 1.68. The second-order valence-corrected chi connectivity index (χ2v) is 6.58. The molecule has 1 saturated heterocycles. The molecule has 1 aliphatic rings. The lowest BCUT2D eigenvalue weighted by Crippen LogP contribution is -2.26. The molecule has 20 heavy (non-hydrogen) atoms. The van der Waals surface area contributed by atoms with Gasteiger partial charge in [0.15, 0.2) is 0 Å². The quantitative estimate of drug-likeness (QED) is 0.836. The van der Waals surface area contributed by atoms with E-state index in [1.807, 2.05) is 26.2 Å². The maximum Gasteiger partial charge on any atom is 0.293 e. The van der Waals surface area contributed by atoms with Gasteiger partial charge in [-0.05, 0) is 46.7 Å². The summed E-state index contributed by atoms with van der Waals surface area (Å²) in [5.74, 6) is 0.617. The highest BCUT2D eigenvalue weighted by Gasteiger charge is 2.17. The Labute approximate surface area is 124 Å². The molecule has 1 fully saturated rings. The first kappa shape index (κ1) is 17.1. The average Bonchev–Trinajstić information content (AvgIpc) is 2.88. The van der Waals surface area contributed by atoms with Crippen LogP contribution in [0.15, 0.2) is 5.38 Å². The normalized spacial score (nSPS) is 16.2. The van der Waals surface area contributed by atoms with Crippen molar-refractivity contribution in [2.24, 2.45) is 0 Å². The van der Waals surface area contributed by atoms with Gasteiger partial charge < -0.3 is 15.2 Å². The third kappa shape index (κ3) is 6.45. The van der Waals surface area contributed by atoms with Crippen LogP contribution in [-0.4, -0.2) is 35.3 Å². The number of hydrogen-bond donors (Lipinski definition) is 2. The van der Waals surface area contributed by atoms with Crippen molar-refractivity contribution in [1.29, 1.82) is 0 Å². The Bertz CT molecular complexity index is 395. The molecule has 0 bridgehead atoms. The third-order valence-corrected chi connectivity index (χ3v) is 3.88. The Balaban J connectivity index is 0.000000246. The number of carbonyl (C=O) groups excluding carboxylic acids is 1. The van der Waals surface area contributed by atoms with E-state index in [9.17, 15) is 4.79 Å². The van der Waals surface area contributed by atoms with Crippen molar-refractivity contribution in [1.82, 2.24) is 10.3 Å². The third-order valence-electron chi connectivity index (χ3n) is 2.82. The van der Waals surface area contributed by atoms with Crippen molar-refractivity contribution in [3.05, 3.63) is 16.1 Å². The molecule has 2 rings (SSSR count). The number of nitrogens with one attached hydrogen (secondary N) is 1. The molecule has 0 unspecified atom stereocenters. The molecule has 1 aromatic heterocycles. The van der Waals surface area contributed by atoms with Gasteiger partial charge in [0.25, 0.3) is 6.47 Å². The second kappa shape index (κ2) is 8.34. The largest absolute Gasteiger partial charge is 0.462 e. The zero-order valence-electron chi connectivity index (χ0n) is 12.4. The topological polar surface area (TPSA) is 71.5 Å². The monoisotopic (exact) mass is 300 g/mol. The van der Waals surface area contributed by atoms with Crippen LogP contribution in [0.4, 0.5) is 0 Å². The number of thiazole rings is 1. The van der Waals surface area contributed by atoms with E-state index in [1.165, 1.54) is 17.8 Å². The molecule has 0 spiro atoms. The van der Waals surface area contributed by atoms with Crippen LogP contribution in [0.3, 0.4) is 0 Å². The van der Waals surface area contributed by atoms with E-state index in [-0.39, 0.29) is 12.2 Å². The maximum absolute atomic E-state index is 9.60. The molecule has 0 saturated carbocycles. The average molecular weight is 300 g/mol. The lowest BCUT2D eigenvalue weighted by atomic mass is 9.99. The number of rotatable bonds is 3. The minimum Gasteiger partial charge on any atom is -0.462 e. The minimum absolute atomic E-state index is 0.0709. The molecule has 0 aromatic carbocycles. The van der Waals surface area contributed by atoms with E-state index in [2.05, 4.69) is 15.0 Å². The van der Waals surface area contributed by atoms with Crippen molar-refractivity contribution in [2.75, 3.05) is 13.1 Å². The van der Waals surface area contributed by atoms with Crippen LogP contribution in [-0.2, 0) is 16.1 Å². The fourth-order valence-electron chi connectivity index (χ4n) is 1.80. The highest BCUT2D eigenvalue weighted by Crippen LogP contribution is 2.27. The number of hydrogen-bond acceptors (Lipinski definition) is 6. The van der Waals surface area contributed by atoms with Gasteiger partial charge in [0.2, 0.25) is 0 Å². The van der Waals surface area contributed by atoms with Crippen LogP contribution in [0.2, 0.25) is 0 Å². The van der Waals surface area contributed by atoms with Gasteiger partial charge in [-0.1, -0.05) is 0 Å². The first-order valence-corrected chi connectivity index (χ1v) is 7.71. The number of nitrogens with zero attached hydrogens (tertiary/aromatic N) is 1. The van der Waals surface area contributed by atoms with Crippen molar-refractivity contribution in [3.8, 4) is 0 Å². The predicted octanol–water partition coefficient (Wildman–Crippen LogP) is 2.06. The van der Waals surface area contributed by atoms with Crippen molar-refractivity contribution < 1.29 is 14.6 Å². The van der Waals surface area contributed by atoms with E-state index in [0.29, 0.717) is 12.4 Å². The van der Waals surface area contributed by atoms with Crippen LogP contribution >= 0.6 is 11.3 Å². The van der Waals surface area contributed by atoms with Crippen molar-refractivity contribution in [3.63, 3.8) is 0 Å². The first-order chi connectivity index (χ1) is 9.46. The Kier molecular flexibility index (Phi) is 7.12. The zero-order chi connectivity index (χ0) is 15.0. The standard InChI is InChI=1S/C9H14N2OS.C5H10O2/c12-5-8-6-13-9(11-8)7-1-3-10-4-2-7;1-5(2,3)7-4-6/h6-7,10,12H,1-5H2;4H,1-3H3. The van der Waals surface area contributed by atoms with Gasteiger partial charge in [0, 0.05) is 11.3 Å². The number of aliphatic hydroxyl groups is 1. The fraction of sp³-hybridized carbons (Fsp3) is 0.714. The second-order valence-electron chi connectivity index (χ2n) is 5.69. The SMILES string of the molecule is CC(C)(C)OC=O.OCc1csc(C2CCNCC2)n1. The Morgan fingerprint density at radius 2 is 2.15 bits per heavy atom. The summed E-state index contributed by atoms with van der Waals surface area (Å²) in [6, 6.07) is 0. The molecule has 6 heteroatoms. The van der Waals surface area contributed by atoms with Crippen LogP contribution in [0.1, 0.15) is 50.2 Å². The molecule has 1 aromatic rings. The summed E-state index contributed by atoms with van der Waals surface area (Å²) in [7, 11) is 0. The molecule has 1 aliphatic heterocycles.